The van der Waals surface area contributed by atoms with Crippen LogP contribution in [-0.4, -0.2) is 11.9 Å². The largest absolute Gasteiger partial charge is 0.402 e. The zero-order valence-electron chi connectivity index (χ0n) is 12.0. The number of hydrogen-bond acceptors (Lipinski definition) is 3. The Morgan fingerprint density at radius 2 is 2.10 bits per heavy atom. The normalized spacial score (nSPS) is 18.9. The molecule has 0 aromatic heterocycles. The van der Waals surface area contributed by atoms with Crippen molar-refractivity contribution < 1.29 is 9.53 Å². The van der Waals surface area contributed by atoms with Crippen molar-refractivity contribution in [3.63, 3.8) is 0 Å². The standard InChI is InChI=1S/C18H17NO2/c1-2-5-13-8-10-15(11-9-13)17-19-16(18(20)21-17)12-14-6-3-4-7-14/h3-4,6,8-12H,2,5,7H2,1H3. The summed E-state index contributed by atoms with van der Waals surface area (Å²) in [5.74, 6) is 0.0105. The van der Waals surface area contributed by atoms with Crippen molar-refractivity contribution in [1.29, 1.82) is 0 Å². The smallest absolute Gasteiger partial charge is 0.363 e. The van der Waals surface area contributed by atoms with E-state index >= 15 is 0 Å². The third kappa shape index (κ3) is 3.02. The van der Waals surface area contributed by atoms with E-state index in [0.717, 1.165) is 30.4 Å². The Bertz CT molecular complexity index is 676. The molecule has 0 N–H and O–H groups in total. The van der Waals surface area contributed by atoms with Crippen LogP contribution in [0, 0.1) is 0 Å². The molecule has 2 aliphatic rings. The summed E-state index contributed by atoms with van der Waals surface area (Å²) in [5, 5.41) is 0. The number of benzene rings is 1. The van der Waals surface area contributed by atoms with E-state index in [0.29, 0.717) is 11.6 Å². The van der Waals surface area contributed by atoms with Gasteiger partial charge in [-0.2, -0.15) is 0 Å². The summed E-state index contributed by atoms with van der Waals surface area (Å²) >= 11 is 0. The fraction of sp³-hybridized carbons (Fsp3) is 0.222. The van der Waals surface area contributed by atoms with Gasteiger partial charge in [0.1, 0.15) is 0 Å². The molecular formula is C18H17NO2. The molecule has 0 atom stereocenters. The van der Waals surface area contributed by atoms with Crippen LogP contribution in [-0.2, 0) is 16.0 Å². The number of aryl methyl sites for hydroxylation is 1. The minimum absolute atomic E-state index is 0.373. The summed E-state index contributed by atoms with van der Waals surface area (Å²) in [6, 6.07) is 8.02. The van der Waals surface area contributed by atoms with E-state index in [1.54, 1.807) is 6.08 Å². The first-order chi connectivity index (χ1) is 10.3. The van der Waals surface area contributed by atoms with Gasteiger partial charge in [0.15, 0.2) is 5.70 Å². The highest BCUT2D eigenvalue weighted by atomic mass is 16.6. The van der Waals surface area contributed by atoms with Crippen molar-refractivity contribution in [2.24, 2.45) is 4.99 Å². The monoisotopic (exact) mass is 279 g/mol. The van der Waals surface area contributed by atoms with Crippen LogP contribution in [0.5, 0.6) is 0 Å². The Morgan fingerprint density at radius 3 is 2.76 bits per heavy atom. The average molecular weight is 279 g/mol. The van der Waals surface area contributed by atoms with Gasteiger partial charge >= 0.3 is 5.97 Å². The van der Waals surface area contributed by atoms with E-state index < -0.39 is 0 Å². The third-order valence-electron chi connectivity index (χ3n) is 3.48. The maximum Gasteiger partial charge on any atom is 0.363 e. The first-order valence-corrected chi connectivity index (χ1v) is 7.24. The van der Waals surface area contributed by atoms with Crippen molar-refractivity contribution >= 4 is 11.9 Å². The van der Waals surface area contributed by atoms with E-state index in [2.05, 4.69) is 24.0 Å². The molecule has 0 fully saturated rings. The first kappa shape index (κ1) is 13.6. The summed E-state index contributed by atoms with van der Waals surface area (Å²) in [5.41, 5.74) is 3.57. The van der Waals surface area contributed by atoms with E-state index in [4.69, 9.17) is 4.74 Å². The number of ether oxygens (including phenoxy) is 1. The highest BCUT2D eigenvalue weighted by Crippen LogP contribution is 2.21. The molecule has 1 aliphatic heterocycles. The molecule has 3 nitrogen and oxygen atoms in total. The number of rotatable bonds is 4. The summed E-state index contributed by atoms with van der Waals surface area (Å²) in [6.07, 6.45) is 10.8. The molecule has 0 amide bonds. The van der Waals surface area contributed by atoms with Gasteiger partial charge in [0.05, 0.1) is 0 Å². The van der Waals surface area contributed by atoms with Gasteiger partial charge in [0, 0.05) is 5.56 Å². The number of carbonyl (C=O) groups is 1. The number of allylic oxidation sites excluding steroid dienone is 5. The summed E-state index contributed by atoms with van der Waals surface area (Å²) in [7, 11) is 0. The lowest BCUT2D eigenvalue weighted by Crippen LogP contribution is -2.05. The van der Waals surface area contributed by atoms with Gasteiger partial charge in [-0.05, 0) is 42.2 Å². The number of cyclic esters (lactones) is 1. The van der Waals surface area contributed by atoms with Gasteiger partial charge in [0.25, 0.3) is 0 Å². The lowest BCUT2D eigenvalue weighted by molar-refractivity contribution is -0.130. The number of esters is 1. The maximum atomic E-state index is 11.9. The molecule has 3 rings (SSSR count). The molecule has 0 unspecified atom stereocenters. The minimum atomic E-state index is -0.379. The number of hydrogen-bond donors (Lipinski definition) is 0. The molecule has 1 aromatic rings. The number of carbonyl (C=O) groups excluding carboxylic acids is 1. The maximum absolute atomic E-state index is 11.9. The molecule has 3 heteroatoms. The Morgan fingerprint density at radius 1 is 1.29 bits per heavy atom. The Kier molecular flexibility index (Phi) is 3.82. The molecule has 0 spiro atoms. The van der Waals surface area contributed by atoms with Gasteiger partial charge in [-0.15, -0.1) is 0 Å². The highest BCUT2D eigenvalue weighted by molar-refractivity contribution is 6.11. The zero-order chi connectivity index (χ0) is 14.7. The molecule has 0 radical (unpaired) electrons. The van der Waals surface area contributed by atoms with Crippen molar-refractivity contribution in [1.82, 2.24) is 0 Å². The van der Waals surface area contributed by atoms with Crippen LogP contribution < -0.4 is 0 Å². The molecule has 0 saturated carbocycles. The van der Waals surface area contributed by atoms with Gasteiger partial charge in [-0.1, -0.05) is 43.7 Å². The lowest BCUT2D eigenvalue weighted by Gasteiger charge is -2.01. The van der Waals surface area contributed by atoms with E-state index in [9.17, 15) is 4.79 Å². The Hall–Kier alpha value is -2.42. The first-order valence-electron chi connectivity index (χ1n) is 7.24. The molecule has 21 heavy (non-hydrogen) atoms. The van der Waals surface area contributed by atoms with Crippen molar-refractivity contribution in [2.75, 3.05) is 0 Å². The van der Waals surface area contributed by atoms with Gasteiger partial charge in [0.2, 0.25) is 5.90 Å². The molecular weight excluding hydrogens is 262 g/mol. The molecule has 1 aliphatic carbocycles. The predicted octanol–water partition coefficient (Wildman–Crippen LogP) is 3.71. The van der Waals surface area contributed by atoms with Crippen molar-refractivity contribution in [3.8, 4) is 0 Å². The fourth-order valence-electron chi connectivity index (χ4n) is 2.38. The minimum Gasteiger partial charge on any atom is -0.402 e. The van der Waals surface area contributed by atoms with Gasteiger partial charge in [-0.25, -0.2) is 9.79 Å². The quantitative estimate of drug-likeness (QED) is 0.622. The SMILES string of the molecule is CCCc1ccc(C2=NC(=CC3=CC=CC3)C(=O)O2)cc1. The van der Waals surface area contributed by atoms with Crippen LogP contribution in [0.15, 0.2) is 64.8 Å². The second-order valence-corrected chi connectivity index (χ2v) is 5.16. The molecule has 0 saturated heterocycles. The molecule has 106 valence electrons. The zero-order valence-corrected chi connectivity index (χ0v) is 12.0. The summed E-state index contributed by atoms with van der Waals surface area (Å²) in [4.78, 5) is 16.2. The van der Waals surface area contributed by atoms with Crippen LogP contribution in [0.25, 0.3) is 0 Å². The summed E-state index contributed by atoms with van der Waals surface area (Å²) < 4.78 is 5.27. The third-order valence-corrected chi connectivity index (χ3v) is 3.48. The molecule has 1 heterocycles. The second-order valence-electron chi connectivity index (χ2n) is 5.16. The van der Waals surface area contributed by atoms with Crippen molar-refractivity contribution in [3.05, 3.63) is 71.0 Å². The molecule has 0 bridgehead atoms. The van der Waals surface area contributed by atoms with Crippen LogP contribution in [0.1, 0.15) is 30.9 Å². The van der Waals surface area contributed by atoms with E-state index in [-0.39, 0.29) is 5.97 Å². The predicted molar refractivity (Wildman–Crippen MR) is 83.0 cm³/mol. The van der Waals surface area contributed by atoms with Crippen LogP contribution >= 0.6 is 0 Å². The second kappa shape index (κ2) is 5.92. The van der Waals surface area contributed by atoms with Crippen LogP contribution in [0.2, 0.25) is 0 Å². The fourth-order valence-corrected chi connectivity index (χ4v) is 2.38. The number of aliphatic imine (C=N–C) groups is 1. The van der Waals surface area contributed by atoms with Crippen molar-refractivity contribution in [2.45, 2.75) is 26.2 Å². The van der Waals surface area contributed by atoms with E-state index in [1.807, 2.05) is 30.4 Å². The van der Waals surface area contributed by atoms with E-state index in [1.165, 1.54) is 5.56 Å². The molecule has 1 aromatic carbocycles. The highest BCUT2D eigenvalue weighted by Gasteiger charge is 2.24. The lowest BCUT2D eigenvalue weighted by atomic mass is 10.1. The van der Waals surface area contributed by atoms with Gasteiger partial charge < -0.3 is 4.74 Å². The van der Waals surface area contributed by atoms with Crippen LogP contribution in [0.3, 0.4) is 0 Å². The van der Waals surface area contributed by atoms with Crippen LogP contribution in [0.4, 0.5) is 0 Å². The Balaban J connectivity index is 1.81. The topological polar surface area (TPSA) is 38.7 Å². The summed E-state index contributed by atoms with van der Waals surface area (Å²) in [6.45, 7) is 2.15. The average Bonchev–Trinajstić information content (AvgIpc) is 3.11. The van der Waals surface area contributed by atoms with Gasteiger partial charge in [-0.3, -0.25) is 0 Å². The number of nitrogens with zero attached hydrogens (tertiary/aromatic N) is 1. The Labute approximate surface area is 124 Å².